The highest BCUT2D eigenvalue weighted by atomic mass is 15.3. The van der Waals surface area contributed by atoms with Crippen molar-refractivity contribution in [1.29, 1.82) is 0 Å². The number of hydrogen-bond donors (Lipinski definition) is 0. The van der Waals surface area contributed by atoms with E-state index in [-0.39, 0.29) is 0 Å². The summed E-state index contributed by atoms with van der Waals surface area (Å²) in [6, 6.07) is 10.5. The minimum Gasteiger partial charge on any atom is -0.306 e. The molecule has 0 N–H and O–H groups in total. The van der Waals surface area contributed by atoms with Gasteiger partial charge in [0.1, 0.15) is 0 Å². The van der Waals surface area contributed by atoms with Crippen LogP contribution < -0.4 is 0 Å². The Morgan fingerprint density at radius 3 is 2.74 bits per heavy atom. The number of rotatable bonds is 6. The van der Waals surface area contributed by atoms with Crippen LogP contribution in [0.3, 0.4) is 0 Å². The molecule has 1 aromatic heterocycles. The van der Waals surface area contributed by atoms with E-state index in [4.69, 9.17) is 0 Å². The van der Waals surface area contributed by atoms with E-state index >= 15 is 0 Å². The molecule has 0 bridgehead atoms. The van der Waals surface area contributed by atoms with Crippen molar-refractivity contribution >= 4 is 0 Å². The minimum atomic E-state index is 0.810. The van der Waals surface area contributed by atoms with Gasteiger partial charge in [-0.25, -0.2) is 0 Å². The molecule has 23 heavy (non-hydrogen) atoms. The second-order valence-electron chi connectivity index (χ2n) is 7.01. The van der Waals surface area contributed by atoms with Gasteiger partial charge in [0.2, 0.25) is 0 Å². The molecule has 1 atom stereocenters. The van der Waals surface area contributed by atoms with Crippen molar-refractivity contribution in [2.75, 3.05) is 33.7 Å². The Bertz CT molecular complexity index is 620. The van der Waals surface area contributed by atoms with Crippen LogP contribution in [0.25, 0.3) is 0 Å². The second kappa shape index (κ2) is 7.28. The van der Waals surface area contributed by atoms with Crippen molar-refractivity contribution in [3.05, 3.63) is 53.3 Å². The van der Waals surface area contributed by atoms with Crippen molar-refractivity contribution in [1.82, 2.24) is 19.6 Å². The molecular formula is C19H28N4. The fourth-order valence-corrected chi connectivity index (χ4v) is 3.53. The average molecular weight is 312 g/mol. The van der Waals surface area contributed by atoms with E-state index in [0.717, 1.165) is 19.0 Å². The summed E-state index contributed by atoms with van der Waals surface area (Å²) in [6.45, 7) is 7.67. The molecule has 124 valence electrons. The summed E-state index contributed by atoms with van der Waals surface area (Å²) in [5, 5.41) is 4.59. The van der Waals surface area contributed by atoms with Crippen molar-refractivity contribution < 1.29 is 0 Å². The first kappa shape index (κ1) is 16.2. The zero-order chi connectivity index (χ0) is 16.2. The van der Waals surface area contributed by atoms with Crippen molar-refractivity contribution in [3.63, 3.8) is 0 Å². The van der Waals surface area contributed by atoms with E-state index in [9.17, 15) is 0 Å². The van der Waals surface area contributed by atoms with E-state index < -0.39 is 0 Å². The van der Waals surface area contributed by atoms with Gasteiger partial charge in [-0.05, 0) is 45.5 Å². The molecule has 3 rings (SSSR count). The van der Waals surface area contributed by atoms with E-state index in [0.29, 0.717) is 0 Å². The molecule has 4 heteroatoms. The zero-order valence-corrected chi connectivity index (χ0v) is 14.6. The van der Waals surface area contributed by atoms with Gasteiger partial charge in [-0.1, -0.05) is 30.3 Å². The molecule has 2 aromatic rings. The molecule has 1 fully saturated rings. The van der Waals surface area contributed by atoms with Crippen LogP contribution >= 0.6 is 0 Å². The van der Waals surface area contributed by atoms with E-state index in [1.807, 2.05) is 6.20 Å². The maximum Gasteiger partial charge on any atom is 0.0662 e. The summed E-state index contributed by atoms with van der Waals surface area (Å²) < 4.78 is 2.11. The van der Waals surface area contributed by atoms with Crippen molar-refractivity contribution in [3.8, 4) is 0 Å². The van der Waals surface area contributed by atoms with Crippen LogP contribution in [0.5, 0.6) is 0 Å². The third kappa shape index (κ3) is 4.21. The monoisotopic (exact) mass is 312 g/mol. The highest BCUT2D eigenvalue weighted by Gasteiger charge is 2.21. The molecule has 0 aliphatic carbocycles. The van der Waals surface area contributed by atoms with Crippen LogP contribution in [-0.4, -0.2) is 53.3 Å². The Labute approximate surface area is 139 Å². The molecule has 0 saturated carbocycles. The summed E-state index contributed by atoms with van der Waals surface area (Å²) in [5.41, 5.74) is 3.92. The lowest BCUT2D eigenvalue weighted by molar-refractivity contribution is 0.266. The van der Waals surface area contributed by atoms with Crippen LogP contribution in [-0.2, 0) is 13.1 Å². The van der Waals surface area contributed by atoms with E-state index in [2.05, 4.69) is 70.9 Å². The standard InChI is InChI=1S/C19H28N4/c1-16-19(15-22(3)13-18-9-10-21(2)12-18)11-20-23(16)14-17-7-5-4-6-8-17/h4-8,11,18H,9-10,12-15H2,1-3H3/t18-/m1/s1. The van der Waals surface area contributed by atoms with Gasteiger partial charge >= 0.3 is 0 Å². The minimum absolute atomic E-state index is 0.810. The Balaban J connectivity index is 1.58. The van der Waals surface area contributed by atoms with Gasteiger partial charge in [-0.15, -0.1) is 0 Å². The zero-order valence-electron chi connectivity index (χ0n) is 14.6. The molecular weight excluding hydrogens is 284 g/mol. The van der Waals surface area contributed by atoms with Crippen molar-refractivity contribution in [2.24, 2.45) is 5.92 Å². The molecule has 4 nitrogen and oxygen atoms in total. The molecule has 1 saturated heterocycles. The number of aromatic nitrogens is 2. The molecule has 1 aromatic carbocycles. The fourth-order valence-electron chi connectivity index (χ4n) is 3.53. The van der Waals surface area contributed by atoms with Gasteiger partial charge in [-0.2, -0.15) is 5.10 Å². The molecule has 1 aliphatic heterocycles. The smallest absolute Gasteiger partial charge is 0.0662 e. The summed E-state index contributed by atoms with van der Waals surface area (Å²) in [7, 11) is 4.45. The third-order valence-electron chi connectivity index (χ3n) is 4.88. The van der Waals surface area contributed by atoms with Gasteiger partial charge in [-0.3, -0.25) is 4.68 Å². The fraction of sp³-hybridized carbons (Fsp3) is 0.526. The van der Waals surface area contributed by atoms with Gasteiger partial charge in [0.05, 0.1) is 12.7 Å². The average Bonchev–Trinajstić information content (AvgIpc) is 3.08. The molecule has 0 amide bonds. The van der Waals surface area contributed by atoms with E-state index in [1.165, 1.54) is 42.9 Å². The van der Waals surface area contributed by atoms with Crippen LogP contribution in [0, 0.1) is 12.8 Å². The lowest BCUT2D eigenvalue weighted by Crippen LogP contribution is -2.27. The van der Waals surface area contributed by atoms with Gasteiger partial charge in [0, 0.05) is 30.9 Å². The third-order valence-corrected chi connectivity index (χ3v) is 4.88. The van der Waals surface area contributed by atoms with Crippen LogP contribution in [0.1, 0.15) is 23.2 Å². The van der Waals surface area contributed by atoms with Gasteiger partial charge < -0.3 is 9.80 Å². The quantitative estimate of drug-likeness (QED) is 0.819. The molecule has 0 unspecified atom stereocenters. The SMILES string of the molecule is Cc1c(CN(C)C[C@@H]2CCN(C)C2)cnn1Cc1ccccc1. The summed E-state index contributed by atoms with van der Waals surface area (Å²) in [6.07, 6.45) is 3.36. The first-order valence-electron chi connectivity index (χ1n) is 8.54. The number of likely N-dealkylation sites (tertiary alicyclic amines) is 1. The van der Waals surface area contributed by atoms with Crippen LogP contribution in [0.4, 0.5) is 0 Å². The van der Waals surface area contributed by atoms with Crippen LogP contribution in [0.2, 0.25) is 0 Å². The van der Waals surface area contributed by atoms with Crippen molar-refractivity contribution in [2.45, 2.75) is 26.4 Å². The first-order chi connectivity index (χ1) is 11.1. The van der Waals surface area contributed by atoms with E-state index in [1.54, 1.807) is 0 Å². The highest BCUT2D eigenvalue weighted by molar-refractivity contribution is 5.20. The predicted molar refractivity (Wildman–Crippen MR) is 94.4 cm³/mol. The first-order valence-corrected chi connectivity index (χ1v) is 8.54. The molecule has 2 heterocycles. The molecule has 0 radical (unpaired) electrons. The molecule has 0 spiro atoms. The van der Waals surface area contributed by atoms with Gasteiger partial charge in [0.25, 0.3) is 0 Å². The lowest BCUT2D eigenvalue weighted by atomic mass is 10.1. The van der Waals surface area contributed by atoms with Crippen LogP contribution in [0.15, 0.2) is 36.5 Å². The highest BCUT2D eigenvalue weighted by Crippen LogP contribution is 2.17. The Hall–Kier alpha value is -1.65. The summed E-state index contributed by atoms with van der Waals surface area (Å²) >= 11 is 0. The summed E-state index contributed by atoms with van der Waals surface area (Å²) in [5.74, 6) is 0.810. The maximum absolute atomic E-state index is 4.59. The normalized spacial score (nSPS) is 18.9. The Kier molecular flexibility index (Phi) is 5.13. The number of nitrogens with zero attached hydrogens (tertiary/aromatic N) is 4. The van der Waals surface area contributed by atoms with Gasteiger partial charge in [0.15, 0.2) is 0 Å². The predicted octanol–water partition coefficient (Wildman–Crippen LogP) is 2.62. The molecule has 1 aliphatic rings. The maximum atomic E-state index is 4.59. The largest absolute Gasteiger partial charge is 0.306 e. The second-order valence-corrected chi connectivity index (χ2v) is 7.01. The summed E-state index contributed by atoms with van der Waals surface area (Å²) in [4.78, 5) is 4.88. The Morgan fingerprint density at radius 2 is 2.04 bits per heavy atom. The lowest BCUT2D eigenvalue weighted by Gasteiger charge is -2.20. The number of hydrogen-bond acceptors (Lipinski definition) is 3. The number of benzene rings is 1. The topological polar surface area (TPSA) is 24.3 Å². The Morgan fingerprint density at radius 1 is 1.26 bits per heavy atom.